The maximum Gasteiger partial charge on any atom is 0.297 e. The highest BCUT2D eigenvalue weighted by molar-refractivity contribution is 7.71. The van der Waals surface area contributed by atoms with Gasteiger partial charge >= 0.3 is 0 Å². The second-order valence-electron chi connectivity index (χ2n) is 3.69. The van der Waals surface area contributed by atoms with Crippen LogP contribution < -0.4 is 0 Å². The predicted molar refractivity (Wildman–Crippen MR) is 47.4 cm³/mol. The van der Waals surface area contributed by atoms with Crippen molar-refractivity contribution in [2.45, 2.75) is 32.7 Å². The summed E-state index contributed by atoms with van der Waals surface area (Å²) >= 11 is 4.85. The van der Waals surface area contributed by atoms with Gasteiger partial charge in [-0.25, -0.2) is 8.78 Å². The normalized spacial score (nSPS) is 12.5. The van der Waals surface area contributed by atoms with Gasteiger partial charge in [0.15, 0.2) is 10.6 Å². The van der Waals surface area contributed by atoms with Crippen LogP contribution in [0, 0.1) is 4.77 Å². The van der Waals surface area contributed by atoms with E-state index < -0.39 is 12.0 Å². The minimum atomic E-state index is -2.60. The zero-order valence-electron chi connectivity index (χ0n) is 7.64. The van der Waals surface area contributed by atoms with E-state index in [-0.39, 0.29) is 10.6 Å². The lowest BCUT2D eigenvalue weighted by Gasteiger charge is -2.21. The third-order valence-corrected chi connectivity index (χ3v) is 1.84. The molecular formula is C7H11F2N3S. The first-order valence-corrected chi connectivity index (χ1v) is 4.21. The second kappa shape index (κ2) is 3.17. The molecule has 13 heavy (non-hydrogen) atoms. The lowest BCUT2D eigenvalue weighted by Crippen LogP contribution is -2.24. The number of alkyl halides is 2. The molecule has 0 saturated heterocycles. The van der Waals surface area contributed by atoms with E-state index in [2.05, 4.69) is 10.2 Å². The lowest BCUT2D eigenvalue weighted by molar-refractivity contribution is 0.127. The Bertz CT molecular complexity index is 347. The minimum Gasteiger partial charge on any atom is -0.294 e. The summed E-state index contributed by atoms with van der Waals surface area (Å²) in [7, 11) is 0. The number of aromatic amines is 1. The van der Waals surface area contributed by atoms with Gasteiger partial charge in [0.2, 0.25) is 0 Å². The van der Waals surface area contributed by atoms with E-state index in [9.17, 15) is 8.78 Å². The monoisotopic (exact) mass is 207 g/mol. The molecule has 1 rings (SSSR count). The SMILES string of the molecule is CC(C)(C)n1c(C(F)F)n[nH]c1=S. The number of nitrogens with zero attached hydrogens (tertiary/aromatic N) is 2. The van der Waals surface area contributed by atoms with E-state index in [1.807, 2.05) is 0 Å². The number of rotatable bonds is 1. The lowest BCUT2D eigenvalue weighted by atomic mass is 10.1. The third kappa shape index (κ3) is 1.93. The van der Waals surface area contributed by atoms with Crippen molar-refractivity contribution in [3.8, 4) is 0 Å². The summed E-state index contributed by atoms with van der Waals surface area (Å²) < 4.78 is 26.4. The second-order valence-corrected chi connectivity index (χ2v) is 4.08. The summed E-state index contributed by atoms with van der Waals surface area (Å²) in [6.45, 7) is 5.39. The van der Waals surface area contributed by atoms with Crippen LogP contribution in [0.25, 0.3) is 0 Å². The zero-order valence-corrected chi connectivity index (χ0v) is 8.45. The average molecular weight is 207 g/mol. The Hall–Kier alpha value is -0.780. The van der Waals surface area contributed by atoms with Crippen LogP contribution in [0.5, 0.6) is 0 Å². The van der Waals surface area contributed by atoms with Crippen molar-refractivity contribution >= 4 is 12.2 Å². The molecule has 0 aliphatic heterocycles. The van der Waals surface area contributed by atoms with Gasteiger partial charge in [-0.1, -0.05) is 0 Å². The fraction of sp³-hybridized carbons (Fsp3) is 0.714. The van der Waals surface area contributed by atoms with Gasteiger partial charge in [-0.05, 0) is 33.0 Å². The van der Waals surface area contributed by atoms with Gasteiger partial charge in [0.1, 0.15) is 0 Å². The summed E-state index contributed by atoms with van der Waals surface area (Å²) in [6.07, 6.45) is -2.60. The van der Waals surface area contributed by atoms with Crippen molar-refractivity contribution < 1.29 is 8.78 Å². The van der Waals surface area contributed by atoms with Gasteiger partial charge in [-0.15, -0.1) is 0 Å². The van der Waals surface area contributed by atoms with Crippen molar-refractivity contribution in [3.05, 3.63) is 10.6 Å². The minimum absolute atomic E-state index is 0.225. The van der Waals surface area contributed by atoms with Gasteiger partial charge in [-0.2, -0.15) is 5.10 Å². The maximum atomic E-state index is 12.4. The number of aromatic nitrogens is 3. The Morgan fingerprint density at radius 3 is 2.31 bits per heavy atom. The first-order chi connectivity index (χ1) is 5.84. The molecule has 0 atom stereocenters. The Labute approximate surface area is 79.8 Å². The van der Waals surface area contributed by atoms with Crippen molar-refractivity contribution in [3.63, 3.8) is 0 Å². The van der Waals surface area contributed by atoms with Crippen molar-refractivity contribution in [2.24, 2.45) is 0 Å². The Morgan fingerprint density at radius 1 is 1.46 bits per heavy atom. The van der Waals surface area contributed by atoms with Crippen LogP contribution in [0.1, 0.15) is 33.0 Å². The van der Waals surface area contributed by atoms with Crippen molar-refractivity contribution in [1.82, 2.24) is 14.8 Å². The fourth-order valence-corrected chi connectivity index (χ4v) is 1.52. The van der Waals surface area contributed by atoms with Crippen molar-refractivity contribution in [1.29, 1.82) is 0 Å². The molecule has 0 saturated carbocycles. The van der Waals surface area contributed by atoms with Crippen LogP contribution in [0.15, 0.2) is 0 Å². The van der Waals surface area contributed by atoms with Crippen LogP contribution in [-0.4, -0.2) is 14.8 Å². The summed E-state index contributed by atoms with van der Waals surface area (Å²) in [6, 6.07) is 0. The van der Waals surface area contributed by atoms with Gasteiger partial charge < -0.3 is 0 Å². The molecule has 0 unspecified atom stereocenters. The smallest absolute Gasteiger partial charge is 0.294 e. The van der Waals surface area contributed by atoms with E-state index in [1.54, 1.807) is 20.8 Å². The first-order valence-electron chi connectivity index (χ1n) is 3.80. The molecule has 0 aromatic carbocycles. The largest absolute Gasteiger partial charge is 0.297 e. The number of halogens is 2. The molecule has 0 bridgehead atoms. The van der Waals surface area contributed by atoms with E-state index in [4.69, 9.17) is 12.2 Å². The number of hydrogen-bond acceptors (Lipinski definition) is 2. The molecule has 1 aromatic heterocycles. The summed E-state index contributed by atoms with van der Waals surface area (Å²) in [5.41, 5.74) is -0.476. The third-order valence-electron chi connectivity index (χ3n) is 1.56. The molecule has 3 nitrogen and oxygen atoms in total. The molecule has 6 heteroatoms. The molecule has 0 spiro atoms. The molecule has 0 aliphatic rings. The molecule has 0 amide bonds. The molecule has 0 fully saturated rings. The Balaban J connectivity index is 3.33. The fourth-order valence-electron chi connectivity index (χ4n) is 1.10. The van der Waals surface area contributed by atoms with Crippen LogP contribution in [0.2, 0.25) is 0 Å². The van der Waals surface area contributed by atoms with Gasteiger partial charge in [-0.3, -0.25) is 9.67 Å². The van der Waals surface area contributed by atoms with E-state index >= 15 is 0 Å². The van der Waals surface area contributed by atoms with Gasteiger partial charge in [0.05, 0.1) is 0 Å². The van der Waals surface area contributed by atoms with Crippen LogP contribution >= 0.6 is 12.2 Å². The molecule has 1 N–H and O–H groups in total. The molecule has 0 radical (unpaired) electrons. The molecule has 0 aliphatic carbocycles. The summed E-state index contributed by atoms with van der Waals surface area (Å²) in [5, 5.41) is 5.84. The standard InChI is InChI=1S/C7H11F2N3S/c1-7(2,3)12-5(4(8)9)10-11-6(12)13/h4H,1-3H3,(H,11,13). The molecule has 74 valence electrons. The number of hydrogen-bond donors (Lipinski definition) is 1. The van der Waals surface area contributed by atoms with Crippen LogP contribution in [0.3, 0.4) is 0 Å². The van der Waals surface area contributed by atoms with Crippen LogP contribution in [0.4, 0.5) is 8.78 Å². The number of nitrogens with one attached hydrogen (secondary N) is 1. The first kappa shape index (κ1) is 10.3. The summed E-state index contributed by atoms with van der Waals surface area (Å²) in [5.74, 6) is -0.308. The zero-order chi connectivity index (χ0) is 10.2. The molecule has 1 aromatic rings. The van der Waals surface area contributed by atoms with Crippen LogP contribution in [-0.2, 0) is 5.54 Å². The van der Waals surface area contributed by atoms with Crippen molar-refractivity contribution in [2.75, 3.05) is 0 Å². The Morgan fingerprint density at radius 2 is 2.00 bits per heavy atom. The quantitative estimate of drug-likeness (QED) is 0.718. The molecular weight excluding hydrogens is 196 g/mol. The van der Waals surface area contributed by atoms with E-state index in [0.29, 0.717) is 0 Å². The molecule has 1 heterocycles. The topological polar surface area (TPSA) is 33.6 Å². The van der Waals surface area contributed by atoms with Gasteiger partial charge in [0.25, 0.3) is 6.43 Å². The Kier molecular flexibility index (Phi) is 2.51. The van der Waals surface area contributed by atoms with E-state index in [1.165, 1.54) is 4.57 Å². The average Bonchev–Trinajstić information content (AvgIpc) is 2.28. The maximum absolute atomic E-state index is 12.4. The van der Waals surface area contributed by atoms with Gasteiger partial charge in [0, 0.05) is 5.54 Å². The highest BCUT2D eigenvalue weighted by Crippen LogP contribution is 2.23. The number of H-pyrrole nitrogens is 1. The predicted octanol–water partition coefficient (Wildman–Crippen LogP) is 2.63. The summed E-state index contributed by atoms with van der Waals surface area (Å²) in [4.78, 5) is 0. The highest BCUT2D eigenvalue weighted by Gasteiger charge is 2.24. The highest BCUT2D eigenvalue weighted by atomic mass is 32.1. The van der Waals surface area contributed by atoms with E-state index in [0.717, 1.165) is 0 Å².